The summed E-state index contributed by atoms with van der Waals surface area (Å²) >= 11 is 0. The molecule has 0 bridgehead atoms. The molecule has 1 aromatic rings. The Labute approximate surface area is 166 Å². The van der Waals surface area contributed by atoms with Crippen molar-refractivity contribution in [2.24, 2.45) is 0 Å². The number of nitrogens with zero attached hydrogens (tertiary/aromatic N) is 1. The molecule has 1 saturated heterocycles. The zero-order valence-electron chi connectivity index (χ0n) is 16.4. The number of piperazine rings is 1. The Morgan fingerprint density at radius 1 is 1.00 bits per heavy atom. The van der Waals surface area contributed by atoms with Crippen LogP contribution in [0.15, 0.2) is 24.3 Å². The molecule has 7 nitrogen and oxygen atoms in total. The summed E-state index contributed by atoms with van der Waals surface area (Å²) in [6.07, 6.45) is 5.56. The largest absolute Gasteiger partial charge is 0.335 e. The highest BCUT2D eigenvalue weighted by molar-refractivity contribution is 5.94. The smallest absolute Gasteiger partial charge is 0.321 e. The monoisotopic (exact) mass is 385 g/mol. The summed E-state index contributed by atoms with van der Waals surface area (Å²) < 4.78 is 0. The molecule has 150 valence electrons. The molecule has 0 radical (unpaired) electrons. The van der Waals surface area contributed by atoms with E-state index in [-0.39, 0.29) is 18.0 Å². The van der Waals surface area contributed by atoms with E-state index in [4.69, 9.17) is 5.26 Å². The lowest BCUT2D eigenvalue weighted by atomic mass is 9.96. The van der Waals surface area contributed by atoms with Gasteiger partial charge in [-0.3, -0.25) is 10.1 Å². The Hall–Kier alpha value is -2.43. The summed E-state index contributed by atoms with van der Waals surface area (Å²) in [5, 5.41) is 14.3. The maximum atomic E-state index is 12.2. The molecule has 1 aliphatic carbocycles. The van der Waals surface area contributed by atoms with Crippen LogP contribution in [0.2, 0.25) is 0 Å². The summed E-state index contributed by atoms with van der Waals surface area (Å²) in [6.45, 7) is 5.12. The van der Waals surface area contributed by atoms with Gasteiger partial charge in [0.2, 0.25) is 0 Å². The van der Waals surface area contributed by atoms with E-state index in [9.17, 15) is 9.59 Å². The summed E-state index contributed by atoms with van der Waals surface area (Å²) in [5.74, 6) is -0.196. The van der Waals surface area contributed by atoms with E-state index < -0.39 is 0 Å². The SMILES string of the molecule is N#Cc1ccc(C[NH+]2CC[NH+](CC(=O)NC(=O)NC3CCCCC3)CC2)cc1. The minimum atomic E-state index is -0.346. The lowest BCUT2D eigenvalue weighted by molar-refractivity contribution is -1.02. The molecule has 0 aromatic heterocycles. The van der Waals surface area contributed by atoms with Crippen molar-refractivity contribution in [1.82, 2.24) is 10.6 Å². The van der Waals surface area contributed by atoms with Crippen LogP contribution in [0.3, 0.4) is 0 Å². The first-order chi connectivity index (χ1) is 13.6. The van der Waals surface area contributed by atoms with Gasteiger partial charge >= 0.3 is 6.03 Å². The molecule has 7 heteroatoms. The lowest BCUT2D eigenvalue weighted by Gasteiger charge is -2.29. The normalized spacial score (nSPS) is 22.8. The first kappa shape index (κ1) is 20.3. The van der Waals surface area contributed by atoms with Crippen LogP contribution >= 0.6 is 0 Å². The third-order valence-corrected chi connectivity index (χ3v) is 5.81. The molecule has 4 N–H and O–H groups in total. The topological polar surface area (TPSA) is 90.9 Å². The Balaban J connectivity index is 1.34. The maximum Gasteiger partial charge on any atom is 0.321 e. The molecular weight excluding hydrogens is 354 g/mol. The zero-order chi connectivity index (χ0) is 19.8. The van der Waals surface area contributed by atoms with Gasteiger partial charge in [0.25, 0.3) is 5.91 Å². The van der Waals surface area contributed by atoms with Crippen molar-refractivity contribution in [3.8, 4) is 6.07 Å². The van der Waals surface area contributed by atoms with Crippen molar-refractivity contribution in [2.75, 3.05) is 32.7 Å². The highest BCUT2D eigenvalue weighted by Gasteiger charge is 2.26. The first-order valence-electron chi connectivity index (χ1n) is 10.4. The molecule has 1 aliphatic heterocycles. The van der Waals surface area contributed by atoms with E-state index >= 15 is 0 Å². The second kappa shape index (κ2) is 10.2. The zero-order valence-corrected chi connectivity index (χ0v) is 16.4. The second-order valence-corrected chi connectivity index (χ2v) is 8.02. The van der Waals surface area contributed by atoms with Crippen molar-refractivity contribution in [1.29, 1.82) is 5.26 Å². The molecule has 0 atom stereocenters. The number of imide groups is 1. The number of urea groups is 1. The minimum absolute atomic E-state index is 0.196. The number of carbonyl (C=O) groups excluding carboxylic acids is 2. The molecule has 1 saturated carbocycles. The molecule has 0 unspecified atom stereocenters. The molecule has 1 aromatic carbocycles. The van der Waals surface area contributed by atoms with E-state index in [2.05, 4.69) is 16.7 Å². The predicted molar refractivity (Wildman–Crippen MR) is 105 cm³/mol. The van der Waals surface area contributed by atoms with Gasteiger partial charge in [0.15, 0.2) is 6.54 Å². The average Bonchev–Trinajstić information content (AvgIpc) is 2.70. The van der Waals surface area contributed by atoms with E-state index in [0.717, 1.165) is 58.4 Å². The molecule has 3 rings (SSSR count). The van der Waals surface area contributed by atoms with E-state index in [1.54, 1.807) is 0 Å². The average molecular weight is 386 g/mol. The van der Waals surface area contributed by atoms with Gasteiger partial charge in [-0.15, -0.1) is 0 Å². The first-order valence-corrected chi connectivity index (χ1v) is 10.4. The molecule has 1 heterocycles. The highest BCUT2D eigenvalue weighted by Crippen LogP contribution is 2.17. The fraction of sp³-hybridized carbons (Fsp3) is 0.571. The van der Waals surface area contributed by atoms with Gasteiger partial charge in [-0.05, 0) is 25.0 Å². The van der Waals surface area contributed by atoms with Crippen LogP contribution in [0.1, 0.15) is 43.2 Å². The van der Waals surface area contributed by atoms with Gasteiger partial charge in [-0.1, -0.05) is 31.4 Å². The van der Waals surface area contributed by atoms with Gasteiger partial charge in [0, 0.05) is 11.6 Å². The van der Waals surface area contributed by atoms with Crippen LogP contribution in [-0.2, 0) is 11.3 Å². The molecule has 3 amide bonds. The summed E-state index contributed by atoms with van der Waals surface area (Å²) in [7, 11) is 0. The number of benzene rings is 1. The summed E-state index contributed by atoms with van der Waals surface area (Å²) in [4.78, 5) is 26.9. The van der Waals surface area contributed by atoms with Crippen LogP contribution in [0.25, 0.3) is 0 Å². The number of hydrogen-bond acceptors (Lipinski definition) is 3. The summed E-state index contributed by atoms with van der Waals surface area (Å²) in [6, 6.07) is 9.76. The minimum Gasteiger partial charge on any atom is -0.335 e. The Morgan fingerprint density at radius 2 is 1.64 bits per heavy atom. The number of nitrogens with one attached hydrogen (secondary N) is 4. The lowest BCUT2D eigenvalue weighted by Crippen LogP contribution is -3.28. The van der Waals surface area contributed by atoms with E-state index in [1.165, 1.54) is 21.8 Å². The van der Waals surface area contributed by atoms with Crippen LogP contribution in [0.4, 0.5) is 4.79 Å². The Bertz CT molecular complexity index is 699. The fourth-order valence-electron chi connectivity index (χ4n) is 4.16. The van der Waals surface area contributed by atoms with Crippen LogP contribution in [-0.4, -0.2) is 50.7 Å². The summed E-state index contributed by atoms with van der Waals surface area (Å²) in [5.41, 5.74) is 1.92. The number of nitriles is 1. The number of amides is 3. The Kier molecular flexibility index (Phi) is 7.40. The van der Waals surface area contributed by atoms with Crippen LogP contribution in [0, 0.1) is 11.3 Å². The van der Waals surface area contributed by atoms with Gasteiger partial charge in [-0.2, -0.15) is 5.26 Å². The molecule has 0 spiro atoms. The van der Waals surface area contributed by atoms with E-state index in [0.29, 0.717) is 12.1 Å². The van der Waals surface area contributed by atoms with Gasteiger partial charge in [0.1, 0.15) is 32.7 Å². The number of carbonyl (C=O) groups is 2. The second-order valence-electron chi connectivity index (χ2n) is 8.02. The standard InChI is InChI=1S/C21H29N5O2/c22-14-17-6-8-18(9-7-17)15-25-10-12-26(13-11-25)16-20(27)24-21(28)23-19-4-2-1-3-5-19/h6-9,19H,1-5,10-13,15-16H2,(H2,23,24,27,28)/p+2. The number of hydrogen-bond donors (Lipinski definition) is 4. The van der Waals surface area contributed by atoms with Gasteiger partial charge in [0.05, 0.1) is 11.6 Å². The van der Waals surface area contributed by atoms with Crippen molar-refractivity contribution in [3.05, 3.63) is 35.4 Å². The van der Waals surface area contributed by atoms with Crippen LogP contribution < -0.4 is 20.4 Å². The predicted octanol–water partition coefficient (Wildman–Crippen LogP) is -1.000. The van der Waals surface area contributed by atoms with Crippen molar-refractivity contribution >= 4 is 11.9 Å². The number of quaternary nitrogens is 2. The maximum absolute atomic E-state index is 12.2. The van der Waals surface area contributed by atoms with Crippen molar-refractivity contribution < 1.29 is 19.4 Å². The van der Waals surface area contributed by atoms with E-state index in [1.807, 2.05) is 24.3 Å². The molecule has 2 fully saturated rings. The highest BCUT2D eigenvalue weighted by atomic mass is 16.2. The number of rotatable bonds is 5. The van der Waals surface area contributed by atoms with Gasteiger partial charge in [-0.25, -0.2) is 4.79 Å². The Morgan fingerprint density at radius 3 is 2.29 bits per heavy atom. The third kappa shape index (κ3) is 6.32. The quantitative estimate of drug-likeness (QED) is 0.524. The molecule has 2 aliphatic rings. The van der Waals surface area contributed by atoms with Crippen molar-refractivity contribution in [3.63, 3.8) is 0 Å². The fourth-order valence-corrected chi connectivity index (χ4v) is 4.16. The van der Waals surface area contributed by atoms with Crippen LogP contribution in [0.5, 0.6) is 0 Å². The molecule has 28 heavy (non-hydrogen) atoms. The third-order valence-electron chi connectivity index (χ3n) is 5.81. The van der Waals surface area contributed by atoms with Crippen molar-refractivity contribution in [2.45, 2.75) is 44.7 Å². The van der Waals surface area contributed by atoms with Gasteiger partial charge < -0.3 is 15.1 Å². The molecular formula is C21H31N5O2+2.